The van der Waals surface area contributed by atoms with Crippen molar-refractivity contribution >= 4 is 23.2 Å². The van der Waals surface area contributed by atoms with Crippen molar-refractivity contribution in [3.8, 4) is 5.75 Å². The maximum absolute atomic E-state index is 11.5. The Bertz CT molecular complexity index is 519. The summed E-state index contributed by atoms with van der Waals surface area (Å²) in [6.07, 6.45) is 0. The van der Waals surface area contributed by atoms with Crippen molar-refractivity contribution in [3.63, 3.8) is 0 Å². The predicted molar refractivity (Wildman–Crippen MR) is 56.0 cm³/mol. The fourth-order valence-corrected chi connectivity index (χ4v) is 1.69. The summed E-state index contributed by atoms with van der Waals surface area (Å²) in [4.78, 5) is 34.1. The normalized spacial score (nSPS) is 13.4. The summed E-state index contributed by atoms with van der Waals surface area (Å²) in [5.74, 6) is -1.32. The van der Waals surface area contributed by atoms with E-state index in [2.05, 4.69) is 5.32 Å². The minimum atomic E-state index is -0.734. The quantitative estimate of drug-likeness (QED) is 0.595. The van der Waals surface area contributed by atoms with Crippen molar-refractivity contribution in [3.05, 3.63) is 23.3 Å². The summed E-state index contributed by atoms with van der Waals surface area (Å²) in [6.45, 7) is 1.37. The SMILES string of the molecule is COc1ccc(C(C)=O)c2c1C(=O)C(=O)N2. The lowest BCUT2D eigenvalue weighted by Gasteiger charge is -2.07. The number of Topliss-reactive ketones (excluding diaryl/α,β-unsaturated/α-hetero) is 2. The molecule has 1 aromatic carbocycles. The Morgan fingerprint density at radius 3 is 2.56 bits per heavy atom. The van der Waals surface area contributed by atoms with E-state index < -0.39 is 11.7 Å². The number of hydrogen-bond donors (Lipinski definition) is 1. The number of benzene rings is 1. The summed E-state index contributed by atoms with van der Waals surface area (Å²) < 4.78 is 4.99. The fraction of sp³-hybridized carbons (Fsp3) is 0.182. The molecule has 0 saturated heterocycles. The number of methoxy groups -OCH3 is 1. The number of carbonyl (C=O) groups excluding carboxylic acids is 3. The highest BCUT2D eigenvalue weighted by atomic mass is 16.5. The lowest BCUT2D eigenvalue weighted by atomic mass is 10.0. The Morgan fingerprint density at radius 2 is 2.00 bits per heavy atom. The number of anilines is 1. The molecule has 0 fully saturated rings. The maximum atomic E-state index is 11.5. The molecule has 0 spiro atoms. The van der Waals surface area contributed by atoms with Crippen molar-refractivity contribution in [2.75, 3.05) is 12.4 Å². The zero-order valence-corrected chi connectivity index (χ0v) is 8.79. The average molecular weight is 219 g/mol. The van der Waals surface area contributed by atoms with Gasteiger partial charge in [-0.15, -0.1) is 0 Å². The van der Waals surface area contributed by atoms with Crippen LogP contribution in [0.3, 0.4) is 0 Å². The van der Waals surface area contributed by atoms with Gasteiger partial charge in [-0.25, -0.2) is 0 Å². The van der Waals surface area contributed by atoms with E-state index in [1.807, 2.05) is 0 Å². The molecule has 5 heteroatoms. The minimum Gasteiger partial charge on any atom is -0.496 e. The summed E-state index contributed by atoms with van der Waals surface area (Å²) >= 11 is 0. The second-order valence-electron chi connectivity index (χ2n) is 3.40. The van der Waals surface area contributed by atoms with Crippen LogP contribution in [-0.2, 0) is 4.79 Å². The molecule has 0 bridgehead atoms. The monoisotopic (exact) mass is 219 g/mol. The molecule has 0 aliphatic carbocycles. The smallest absolute Gasteiger partial charge is 0.297 e. The third-order valence-corrected chi connectivity index (χ3v) is 2.44. The van der Waals surface area contributed by atoms with Crippen LogP contribution in [0.5, 0.6) is 5.75 Å². The minimum absolute atomic E-state index is 0.139. The lowest BCUT2D eigenvalue weighted by molar-refractivity contribution is -0.112. The van der Waals surface area contributed by atoms with Crippen LogP contribution in [0.15, 0.2) is 12.1 Å². The lowest BCUT2D eigenvalue weighted by Crippen LogP contribution is -2.13. The average Bonchev–Trinajstić information content (AvgIpc) is 2.54. The molecule has 0 atom stereocenters. The fourth-order valence-electron chi connectivity index (χ4n) is 1.69. The van der Waals surface area contributed by atoms with Crippen molar-refractivity contribution in [2.24, 2.45) is 0 Å². The Balaban J connectivity index is 2.73. The van der Waals surface area contributed by atoms with Gasteiger partial charge in [0.05, 0.1) is 18.4 Å². The molecule has 1 N–H and O–H groups in total. The number of fused-ring (bicyclic) bond motifs is 1. The van der Waals surface area contributed by atoms with Crippen LogP contribution in [0, 0.1) is 0 Å². The first-order valence-corrected chi connectivity index (χ1v) is 4.64. The number of amides is 1. The van der Waals surface area contributed by atoms with Crippen molar-refractivity contribution in [2.45, 2.75) is 6.92 Å². The van der Waals surface area contributed by atoms with Gasteiger partial charge in [0.15, 0.2) is 5.78 Å². The van der Waals surface area contributed by atoms with Crippen molar-refractivity contribution in [1.82, 2.24) is 0 Å². The van der Waals surface area contributed by atoms with E-state index in [1.165, 1.54) is 26.2 Å². The molecule has 2 rings (SSSR count). The molecule has 1 aliphatic rings. The van der Waals surface area contributed by atoms with Gasteiger partial charge in [-0.1, -0.05) is 0 Å². The van der Waals surface area contributed by atoms with E-state index in [9.17, 15) is 14.4 Å². The Kier molecular flexibility index (Phi) is 2.23. The van der Waals surface area contributed by atoms with Gasteiger partial charge in [-0.05, 0) is 19.1 Å². The summed E-state index contributed by atoms with van der Waals surface area (Å²) in [5, 5.41) is 2.38. The summed E-state index contributed by atoms with van der Waals surface area (Å²) in [6, 6.07) is 3.03. The number of hydrogen-bond acceptors (Lipinski definition) is 4. The van der Waals surface area contributed by atoms with Crippen LogP contribution in [-0.4, -0.2) is 24.6 Å². The van der Waals surface area contributed by atoms with E-state index in [0.29, 0.717) is 11.3 Å². The molecular formula is C11H9NO4. The summed E-state index contributed by atoms with van der Waals surface area (Å²) in [5.41, 5.74) is 0.706. The van der Waals surface area contributed by atoms with Gasteiger partial charge in [0.2, 0.25) is 0 Å². The molecule has 0 unspecified atom stereocenters. The van der Waals surface area contributed by atoms with Crippen LogP contribution in [0.1, 0.15) is 27.6 Å². The van der Waals surface area contributed by atoms with Gasteiger partial charge in [0.25, 0.3) is 11.7 Å². The highest BCUT2D eigenvalue weighted by Crippen LogP contribution is 2.34. The van der Waals surface area contributed by atoms with Crippen LogP contribution in [0.2, 0.25) is 0 Å². The van der Waals surface area contributed by atoms with Crippen LogP contribution in [0.25, 0.3) is 0 Å². The predicted octanol–water partition coefficient (Wildman–Crippen LogP) is 1.03. The zero-order chi connectivity index (χ0) is 11.9. The molecule has 16 heavy (non-hydrogen) atoms. The maximum Gasteiger partial charge on any atom is 0.297 e. The Labute approximate surface area is 91.4 Å². The molecule has 1 heterocycles. The molecule has 1 aromatic rings. The molecular weight excluding hydrogens is 210 g/mol. The molecule has 0 aromatic heterocycles. The third kappa shape index (κ3) is 1.29. The highest BCUT2D eigenvalue weighted by molar-refractivity contribution is 6.53. The molecule has 82 valence electrons. The Hall–Kier alpha value is -2.17. The van der Waals surface area contributed by atoms with Gasteiger partial charge in [0.1, 0.15) is 5.75 Å². The van der Waals surface area contributed by atoms with Gasteiger partial charge in [0, 0.05) is 5.56 Å². The van der Waals surface area contributed by atoms with Gasteiger partial charge in [-0.3, -0.25) is 14.4 Å². The molecule has 1 amide bonds. The largest absolute Gasteiger partial charge is 0.496 e. The standard InChI is InChI=1S/C11H9NO4/c1-5(13)6-3-4-7(16-2)8-9(6)12-11(15)10(8)14/h3-4H,1-2H3,(H,12,14,15). The van der Waals surface area contributed by atoms with Crippen LogP contribution < -0.4 is 10.1 Å². The molecule has 0 saturated carbocycles. The first-order valence-electron chi connectivity index (χ1n) is 4.64. The molecule has 5 nitrogen and oxygen atoms in total. The van der Waals surface area contributed by atoms with Crippen molar-refractivity contribution < 1.29 is 19.1 Å². The van der Waals surface area contributed by atoms with Crippen LogP contribution >= 0.6 is 0 Å². The Morgan fingerprint density at radius 1 is 1.31 bits per heavy atom. The van der Waals surface area contributed by atoms with E-state index >= 15 is 0 Å². The first kappa shape index (κ1) is 10.4. The van der Waals surface area contributed by atoms with Crippen LogP contribution in [0.4, 0.5) is 5.69 Å². The first-order chi connectivity index (χ1) is 7.56. The number of nitrogens with one attached hydrogen (secondary N) is 1. The number of ether oxygens (including phenoxy) is 1. The van der Waals surface area contributed by atoms with Gasteiger partial charge >= 0.3 is 0 Å². The van der Waals surface area contributed by atoms with E-state index in [4.69, 9.17) is 4.74 Å². The van der Waals surface area contributed by atoms with Gasteiger partial charge < -0.3 is 10.1 Å². The highest BCUT2D eigenvalue weighted by Gasteiger charge is 2.34. The summed E-state index contributed by atoms with van der Waals surface area (Å²) in [7, 11) is 1.40. The second-order valence-corrected chi connectivity index (χ2v) is 3.40. The van der Waals surface area contributed by atoms with Crippen molar-refractivity contribution in [1.29, 1.82) is 0 Å². The van der Waals surface area contributed by atoms with E-state index in [0.717, 1.165) is 0 Å². The molecule has 0 radical (unpaired) electrons. The number of carbonyl (C=O) groups is 3. The molecule has 1 aliphatic heterocycles. The van der Waals surface area contributed by atoms with E-state index in [-0.39, 0.29) is 17.0 Å². The number of rotatable bonds is 2. The van der Waals surface area contributed by atoms with E-state index in [1.54, 1.807) is 0 Å². The second kappa shape index (κ2) is 3.44. The third-order valence-electron chi connectivity index (χ3n) is 2.44. The topological polar surface area (TPSA) is 72.5 Å². The zero-order valence-electron chi connectivity index (χ0n) is 8.79. The van der Waals surface area contributed by atoms with Gasteiger partial charge in [-0.2, -0.15) is 0 Å². The number of ketones is 2.